The van der Waals surface area contributed by atoms with Gasteiger partial charge in [-0.15, -0.1) is 0 Å². The van der Waals surface area contributed by atoms with E-state index < -0.39 is 0 Å². The molecule has 2 rings (SSSR count). The lowest BCUT2D eigenvalue weighted by atomic mass is 9.75. The molecule has 3 nitrogen and oxygen atoms in total. The predicted molar refractivity (Wildman–Crippen MR) is 73.0 cm³/mol. The van der Waals surface area contributed by atoms with Gasteiger partial charge in [-0.2, -0.15) is 0 Å². The van der Waals surface area contributed by atoms with Crippen molar-refractivity contribution in [3.63, 3.8) is 0 Å². The first-order valence-electron chi connectivity index (χ1n) is 6.62. The predicted octanol–water partition coefficient (Wildman–Crippen LogP) is 2.98. The molecule has 0 atom stereocenters. The summed E-state index contributed by atoms with van der Waals surface area (Å²) in [4.78, 5) is 13.5. The van der Waals surface area contributed by atoms with Crippen molar-refractivity contribution in [3.8, 4) is 5.75 Å². The minimum atomic E-state index is -0.176. The van der Waals surface area contributed by atoms with Crippen LogP contribution in [0.2, 0.25) is 0 Å². The summed E-state index contributed by atoms with van der Waals surface area (Å²) in [5, 5.41) is 9.28. The second-order valence-corrected chi connectivity index (χ2v) is 5.41. The first-order valence-corrected chi connectivity index (χ1v) is 6.62. The first-order chi connectivity index (χ1) is 8.65. The van der Waals surface area contributed by atoms with E-state index >= 15 is 0 Å². The smallest absolute Gasteiger partial charge is 0.127 e. The largest absolute Gasteiger partial charge is 0.508 e. The van der Waals surface area contributed by atoms with Gasteiger partial charge in [-0.05, 0) is 37.1 Å². The Morgan fingerprint density at radius 1 is 1.22 bits per heavy atom. The number of carbonyl (C=O) groups is 1. The van der Waals surface area contributed by atoms with Crippen LogP contribution in [-0.2, 0) is 4.79 Å². The number of rotatable bonds is 4. The number of nitrogens with zero attached hydrogens (tertiary/aromatic N) is 1. The van der Waals surface area contributed by atoms with Gasteiger partial charge >= 0.3 is 0 Å². The minimum absolute atomic E-state index is 0.176. The summed E-state index contributed by atoms with van der Waals surface area (Å²) in [6, 6.07) is 7.13. The molecule has 0 heterocycles. The van der Waals surface area contributed by atoms with E-state index in [-0.39, 0.29) is 11.2 Å². The Kier molecular flexibility index (Phi) is 3.90. The van der Waals surface area contributed by atoms with Crippen LogP contribution < -0.4 is 4.90 Å². The van der Waals surface area contributed by atoms with Gasteiger partial charge in [0, 0.05) is 24.7 Å². The standard InChI is InChI=1S/C15H21NO2/c1-16(13-5-7-14(18)8-6-13)11-15(12-17)9-3-2-4-10-15/h5-8,12,18H,2-4,9-11H2,1H3. The summed E-state index contributed by atoms with van der Waals surface area (Å²) in [6.07, 6.45) is 6.71. The number of benzene rings is 1. The van der Waals surface area contributed by atoms with Gasteiger partial charge in [0.25, 0.3) is 0 Å². The maximum absolute atomic E-state index is 11.4. The number of carbonyl (C=O) groups excluding carboxylic acids is 1. The third-order valence-electron chi connectivity index (χ3n) is 3.94. The molecule has 0 saturated heterocycles. The molecule has 0 unspecified atom stereocenters. The Labute approximate surface area is 108 Å². The Hall–Kier alpha value is -1.51. The molecule has 1 aromatic rings. The summed E-state index contributed by atoms with van der Waals surface area (Å²) in [5.41, 5.74) is 0.866. The molecule has 0 bridgehead atoms. The summed E-state index contributed by atoms with van der Waals surface area (Å²) >= 11 is 0. The van der Waals surface area contributed by atoms with E-state index in [1.165, 1.54) is 6.42 Å². The van der Waals surface area contributed by atoms with Crippen molar-refractivity contribution in [3.05, 3.63) is 24.3 Å². The van der Waals surface area contributed by atoms with E-state index in [0.717, 1.165) is 44.2 Å². The Morgan fingerprint density at radius 2 is 1.83 bits per heavy atom. The average Bonchev–Trinajstić information content (AvgIpc) is 2.40. The minimum Gasteiger partial charge on any atom is -0.508 e. The number of anilines is 1. The van der Waals surface area contributed by atoms with Gasteiger partial charge < -0.3 is 14.8 Å². The number of hydrogen-bond acceptors (Lipinski definition) is 3. The van der Waals surface area contributed by atoms with E-state index in [4.69, 9.17) is 0 Å². The van der Waals surface area contributed by atoms with E-state index in [9.17, 15) is 9.90 Å². The molecule has 98 valence electrons. The van der Waals surface area contributed by atoms with E-state index in [1.807, 2.05) is 19.2 Å². The Balaban J connectivity index is 2.07. The van der Waals surface area contributed by atoms with Crippen LogP contribution in [0, 0.1) is 5.41 Å². The molecule has 1 N–H and O–H groups in total. The number of hydrogen-bond donors (Lipinski definition) is 1. The van der Waals surface area contributed by atoms with Crippen LogP contribution in [0.4, 0.5) is 5.69 Å². The molecule has 3 heteroatoms. The van der Waals surface area contributed by atoms with Crippen molar-refractivity contribution in [1.82, 2.24) is 0 Å². The zero-order valence-corrected chi connectivity index (χ0v) is 10.9. The molecule has 18 heavy (non-hydrogen) atoms. The lowest BCUT2D eigenvalue weighted by Crippen LogP contribution is -2.38. The molecule has 1 aromatic carbocycles. The molecule has 0 amide bonds. The highest BCUT2D eigenvalue weighted by Gasteiger charge is 2.32. The number of aldehydes is 1. The summed E-state index contributed by atoms with van der Waals surface area (Å²) in [7, 11) is 2.01. The lowest BCUT2D eigenvalue weighted by molar-refractivity contribution is -0.117. The Morgan fingerprint density at radius 3 is 2.39 bits per heavy atom. The van der Waals surface area contributed by atoms with Crippen LogP contribution in [0.1, 0.15) is 32.1 Å². The van der Waals surface area contributed by atoms with Crippen LogP contribution in [0.25, 0.3) is 0 Å². The van der Waals surface area contributed by atoms with Gasteiger partial charge in [-0.25, -0.2) is 0 Å². The van der Waals surface area contributed by atoms with Crippen molar-refractivity contribution in [2.45, 2.75) is 32.1 Å². The molecule has 1 fully saturated rings. The molecule has 1 saturated carbocycles. The third-order valence-corrected chi connectivity index (χ3v) is 3.94. The maximum Gasteiger partial charge on any atom is 0.127 e. The van der Waals surface area contributed by atoms with Crippen molar-refractivity contribution in [2.75, 3.05) is 18.5 Å². The van der Waals surface area contributed by atoms with Crippen LogP contribution >= 0.6 is 0 Å². The quantitative estimate of drug-likeness (QED) is 0.831. The maximum atomic E-state index is 11.4. The lowest BCUT2D eigenvalue weighted by Gasteiger charge is -2.36. The van der Waals surface area contributed by atoms with Crippen molar-refractivity contribution in [2.24, 2.45) is 5.41 Å². The fourth-order valence-electron chi connectivity index (χ4n) is 2.84. The second-order valence-electron chi connectivity index (χ2n) is 5.41. The van der Waals surface area contributed by atoms with E-state index in [1.54, 1.807) is 12.1 Å². The number of phenols is 1. The van der Waals surface area contributed by atoms with Crippen LogP contribution in [0.15, 0.2) is 24.3 Å². The molecule has 0 spiro atoms. The molecule has 1 aliphatic carbocycles. The zero-order chi connectivity index (χ0) is 13.0. The van der Waals surface area contributed by atoms with Crippen molar-refractivity contribution in [1.29, 1.82) is 0 Å². The van der Waals surface area contributed by atoms with Crippen LogP contribution in [0.5, 0.6) is 5.75 Å². The first kappa shape index (κ1) is 12.9. The molecular weight excluding hydrogens is 226 g/mol. The highest BCUT2D eigenvalue weighted by atomic mass is 16.3. The van der Waals surface area contributed by atoms with Crippen LogP contribution in [0.3, 0.4) is 0 Å². The van der Waals surface area contributed by atoms with E-state index in [2.05, 4.69) is 4.90 Å². The van der Waals surface area contributed by atoms with Crippen LogP contribution in [-0.4, -0.2) is 25.0 Å². The van der Waals surface area contributed by atoms with Crippen molar-refractivity contribution >= 4 is 12.0 Å². The van der Waals surface area contributed by atoms with Gasteiger partial charge in [0.2, 0.25) is 0 Å². The van der Waals surface area contributed by atoms with Gasteiger partial charge in [-0.1, -0.05) is 19.3 Å². The number of phenolic OH excluding ortho intramolecular Hbond substituents is 1. The second kappa shape index (κ2) is 5.42. The topological polar surface area (TPSA) is 40.5 Å². The fourth-order valence-corrected chi connectivity index (χ4v) is 2.84. The van der Waals surface area contributed by atoms with Gasteiger partial charge in [-0.3, -0.25) is 0 Å². The monoisotopic (exact) mass is 247 g/mol. The highest BCUT2D eigenvalue weighted by molar-refractivity contribution is 5.62. The molecule has 0 aromatic heterocycles. The molecule has 0 aliphatic heterocycles. The summed E-state index contributed by atoms with van der Waals surface area (Å²) < 4.78 is 0. The molecule has 0 radical (unpaired) electrons. The summed E-state index contributed by atoms with van der Waals surface area (Å²) in [5.74, 6) is 0.273. The molecule has 1 aliphatic rings. The highest BCUT2D eigenvalue weighted by Crippen LogP contribution is 2.36. The van der Waals surface area contributed by atoms with E-state index in [0.29, 0.717) is 0 Å². The number of aromatic hydroxyl groups is 1. The SMILES string of the molecule is CN(CC1(C=O)CCCCC1)c1ccc(O)cc1. The fraction of sp³-hybridized carbons (Fsp3) is 0.533. The summed E-state index contributed by atoms with van der Waals surface area (Å²) in [6.45, 7) is 0.765. The van der Waals surface area contributed by atoms with Gasteiger partial charge in [0.15, 0.2) is 0 Å². The normalized spacial score (nSPS) is 18.3. The van der Waals surface area contributed by atoms with Gasteiger partial charge in [0.05, 0.1) is 0 Å². The third kappa shape index (κ3) is 2.84. The zero-order valence-electron chi connectivity index (χ0n) is 10.9. The Bertz CT molecular complexity index is 393. The molecular formula is C15H21NO2. The average molecular weight is 247 g/mol. The van der Waals surface area contributed by atoms with Gasteiger partial charge in [0.1, 0.15) is 12.0 Å². The van der Waals surface area contributed by atoms with Crippen molar-refractivity contribution < 1.29 is 9.90 Å².